The minimum Gasteiger partial charge on any atom is -0.492 e. The lowest BCUT2D eigenvalue weighted by atomic mass is 10.1. The molecule has 1 unspecified atom stereocenters. The van der Waals surface area contributed by atoms with E-state index in [1.54, 1.807) is 0 Å². The van der Waals surface area contributed by atoms with Gasteiger partial charge < -0.3 is 9.47 Å². The number of hydrogen-bond acceptors (Lipinski definition) is 4. The zero-order valence-corrected chi connectivity index (χ0v) is 12.3. The molecule has 8 heteroatoms. The summed E-state index contributed by atoms with van der Waals surface area (Å²) in [7, 11) is -3.90. The van der Waals surface area contributed by atoms with Crippen LogP contribution >= 0.6 is 23.2 Å². The Kier molecular flexibility index (Phi) is 4.58. The van der Waals surface area contributed by atoms with Crippen molar-refractivity contribution < 1.29 is 17.9 Å². The van der Waals surface area contributed by atoms with Gasteiger partial charge in [0.1, 0.15) is 15.7 Å². The molecule has 1 aromatic carbocycles. The number of rotatable bonds is 4. The van der Waals surface area contributed by atoms with E-state index >= 15 is 0 Å². The molecule has 0 aromatic heterocycles. The van der Waals surface area contributed by atoms with E-state index in [4.69, 9.17) is 37.8 Å². The largest absolute Gasteiger partial charge is 0.492 e. The minimum absolute atomic E-state index is 0.0482. The fraction of sp³-hybridized carbons (Fsp3) is 0.455. The SMILES string of the molecule is NS(=O)(=O)c1ccc(OCC2CCOC2)c(Cl)c1Cl. The van der Waals surface area contributed by atoms with Crippen molar-refractivity contribution in [3.8, 4) is 5.75 Å². The van der Waals surface area contributed by atoms with Crippen LogP contribution in [0.3, 0.4) is 0 Å². The molecule has 1 fully saturated rings. The number of primary sulfonamides is 1. The Morgan fingerprint density at radius 3 is 2.68 bits per heavy atom. The highest BCUT2D eigenvalue weighted by Gasteiger charge is 2.20. The van der Waals surface area contributed by atoms with Crippen molar-refractivity contribution in [3.63, 3.8) is 0 Å². The molecular weight excluding hydrogens is 313 g/mol. The van der Waals surface area contributed by atoms with E-state index < -0.39 is 10.0 Å². The maximum absolute atomic E-state index is 11.3. The van der Waals surface area contributed by atoms with Crippen molar-refractivity contribution in [2.24, 2.45) is 11.1 Å². The van der Waals surface area contributed by atoms with Crippen LogP contribution in [0.2, 0.25) is 10.0 Å². The molecule has 1 heterocycles. The molecule has 1 aromatic rings. The van der Waals surface area contributed by atoms with Gasteiger partial charge in [-0.1, -0.05) is 23.2 Å². The third kappa shape index (κ3) is 3.52. The Hall–Kier alpha value is -0.530. The molecule has 0 aliphatic carbocycles. The van der Waals surface area contributed by atoms with E-state index in [1.165, 1.54) is 12.1 Å². The van der Waals surface area contributed by atoms with Crippen molar-refractivity contribution in [2.45, 2.75) is 11.3 Å². The molecule has 19 heavy (non-hydrogen) atoms. The molecule has 0 bridgehead atoms. The number of hydrogen-bond donors (Lipinski definition) is 1. The van der Waals surface area contributed by atoms with Crippen LogP contribution in [0, 0.1) is 5.92 Å². The van der Waals surface area contributed by atoms with Crippen LogP contribution < -0.4 is 9.88 Å². The van der Waals surface area contributed by atoms with E-state index in [2.05, 4.69) is 0 Å². The molecule has 0 spiro atoms. The van der Waals surface area contributed by atoms with Gasteiger partial charge in [0.25, 0.3) is 0 Å². The first-order chi connectivity index (χ1) is 8.89. The molecule has 0 radical (unpaired) electrons. The number of ether oxygens (including phenoxy) is 2. The third-order valence-corrected chi connectivity index (χ3v) is 4.75. The molecule has 0 amide bonds. The maximum atomic E-state index is 11.3. The van der Waals surface area contributed by atoms with Crippen LogP contribution in [-0.2, 0) is 14.8 Å². The second kappa shape index (κ2) is 5.85. The predicted molar refractivity (Wildman–Crippen MR) is 72.3 cm³/mol. The van der Waals surface area contributed by atoms with Gasteiger partial charge in [0, 0.05) is 12.5 Å². The lowest BCUT2D eigenvalue weighted by molar-refractivity contribution is 0.167. The molecule has 0 saturated carbocycles. The molecule has 106 valence electrons. The number of halogens is 2. The summed E-state index contributed by atoms with van der Waals surface area (Å²) in [4.78, 5) is -0.212. The quantitative estimate of drug-likeness (QED) is 0.918. The van der Waals surface area contributed by atoms with E-state index in [-0.39, 0.29) is 14.9 Å². The van der Waals surface area contributed by atoms with Crippen LogP contribution in [0.4, 0.5) is 0 Å². The third-order valence-electron chi connectivity index (χ3n) is 2.82. The van der Waals surface area contributed by atoms with Crippen LogP contribution in [0.15, 0.2) is 17.0 Å². The molecule has 5 nitrogen and oxygen atoms in total. The topological polar surface area (TPSA) is 78.6 Å². The monoisotopic (exact) mass is 325 g/mol. The van der Waals surface area contributed by atoms with Gasteiger partial charge in [-0.2, -0.15) is 0 Å². The summed E-state index contributed by atoms with van der Waals surface area (Å²) in [5.41, 5.74) is 0. The van der Waals surface area contributed by atoms with E-state index in [9.17, 15) is 8.42 Å². The van der Waals surface area contributed by atoms with E-state index in [0.717, 1.165) is 13.0 Å². The van der Waals surface area contributed by atoms with Gasteiger partial charge in [0.2, 0.25) is 10.0 Å². The first kappa shape index (κ1) is 14.9. The molecule has 1 aliphatic heterocycles. The zero-order valence-electron chi connectivity index (χ0n) is 9.93. The molecule has 1 aliphatic rings. The second-order valence-corrected chi connectivity index (χ2v) is 6.56. The lowest BCUT2D eigenvalue weighted by Crippen LogP contribution is -2.14. The van der Waals surface area contributed by atoms with Crippen molar-refractivity contribution in [1.82, 2.24) is 0 Å². The normalized spacial score (nSPS) is 19.6. The van der Waals surface area contributed by atoms with Crippen molar-refractivity contribution >= 4 is 33.2 Å². The average molecular weight is 326 g/mol. The second-order valence-electron chi connectivity index (χ2n) is 4.28. The van der Waals surface area contributed by atoms with Crippen LogP contribution in [0.25, 0.3) is 0 Å². The summed E-state index contributed by atoms with van der Waals surface area (Å²) >= 11 is 11.9. The Bertz CT molecular complexity index is 570. The molecule has 1 saturated heterocycles. The predicted octanol–water partition coefficient (Wildman–Crippen LogP) is 2.06. The minimum atomic E-state index is -3.90. The van der Waals surface area contributed by atoms with Gasteiger partial charge in [0.05, 0.1) is 18.2 Å². The highest BCUT2D eigenvalue weighted by molar-refractivity contribution is 7.89. The number of benzene rings is 1. The Balaban J connectivity index is 2.16. The summed E-state index contributed by atoms with van der Waals surface area (Å²) in [5.74, 6) is 0.652. The standard InChI is InChI=1S/C11H13Cl2NO4S/c12-10-8(18-6-7-3-4-17-5-7)1-2-9(11(10)13)19(14,15)16/h1-2,7H,3-6H2,(H2,14,15,16). The summed E-state index contributed by atoms with van der Waals surface area (Å²) < 4.78 is 33.3. The maximum Gasteiger partial charge on any atom is 0.239 e. The van der Waals surface area contributed by atoms with Gasteiger partial charge >= 0.3 is 0 Å². The van der Waals surface area contributed by atoms with Crippen molar-refractivity contribution in [2.75, 3.05) is 19.8 Å². The van der Waals surface area contributed by atoms with Crippen molar-refractivity contribution in [1.29, 1.82) is 0 Å². The molecular formula is C11H13Cl2NO4S. The summed E-state index contributed by atoms with van der Waals surface area (Å²) in [6.45, 7) is 1.83. The zero-order chi connectivity index (χ0) is 14.0. The van der Waals surface area contributed by atoms with Crippen LogP contribution in [0.5, 0.6) is 5.75 Å². The van der Waals surface area contributed by atoms with E-state index in [1.807, 2.05) is 0 Å². The first-order valence-corrected chi connectivity index (χ1v) is 7.91. The summed E-state index contributed by atoms with van der Waals surface area (Å²) in [5, 5.41) is 4.95. The fourth-order valence-corrected chi connectivity index (χ4v) is 3.13. The number of nitrogens with two attached hydrogens (primary N) is 1. The van der Waals surface area contributed by atoms with Gasteiger partial charge in [-0.25, -0.2) is 13.6 Å². The smallest absolute Gasteiger partial charge is 0.239 e. The summed E-state index contributed by atoms with van der Waals surface area (Å²) in [6.07, 6.45) is 0.931. The average Bonchev–Trinajstić information content (AvgIpc) is 2.82. The lowest BCUT2D eigenvalue weighted by Gasteiger charge is -2.13. The van der Waals surface area contributed by atoms with Gasteiger partial charge in [0.15, 0.2) is 0 Å². The van der Waals surface area contributed by atoms with Crippen molar-refractivity contribution in [3.05, 3.63) is 22.2 Å². The van der Waals surface area contributed by atoms with Gasteiger partial charge in [-0.3, -0.25) is 0 Å². The molecule has 1 atom stereocenters. The molecule has 2 N–H and O–H groups in total. The van der Waals surface area contributed by atoms with Crippen LogP contribution in [-0.4, -0.2) is 28.2 Å². The van der Waals surface area contributed by atoms with E-state index in [0.29, 0.717) is 24.9 Å². The Morgan fingerprint density at radius 2 is 2.11 bits per heavy atom. The fourth-order valence-electron chi connectivity index (χ4n) is 1.77. The first-order valence-electron chi connectivity index (χ1n) is 5.61. The highest BCUT2D eigenvalue weighted by Crippen LogP contribution is 2.36. The molecule has 2 rings (SSSR count). The Morgan fingerprint density at radius 1 is 1.37 bits per heavy atom. The summed E-state index contributed by atoms with van der Waals surface area (Å²) in [6, 6.07) is 2.73. The van der Waals surface area contributed by atoms with Crippen LogP contribution in [0.1, 0.15) is 6.42 Å². The van der Waals surface area contributed by atoms with Gasteiger partial charge in [-0.15, -0.1) is 0 Å². The highest BCUT2D eigenvalue weighted by atomic mass is 35.5. The van der Waals surface area contributed by atoms with Gasteiger partial charge in [-0.05, 0) is 18.6 Å². The Labute approximate surface area is 121 Å². The number of sulfonamides is 1.